The molecular weight excluding hydrogens is 182 g/mol. The molecule has 1 aromatic carbocycles. The molecule has 0 bridgehead atoms. The lowest BCUT2D eigenvalue weighted by atomic mass is 9.67. The van der Waals surface area contributed by atoms with Crippen LogP contribution in [0, 0.1) is 5.41 Å². The maximum absolute atomic E-state index is 3.70. The summed E-state index contributed by atoms with van der Waals surface area (Å²) in [5.74, 6) is 0. The molecule has 1 aliphatic heterocycles. The van der Waals surface area contributed by atoms with E-state index in [1.165, 1.54) is 44.2 Å². The highest BCUT2D eigenvalue weighted by molar-refractivity contribution is 5.17. The Balaban J connectivity index is 1.61. The molecule has 1 saturated carbocycles. The van der Waals surface area contributed by atoms with Gasteiger partial charge in [-0.2, -0.15) is 0 Å². The van der Waals surface area contributed by atoms with Gasteiger partial charge in [-0.15, -0.1) is 0 Å². The Bertz CT molecular complexity index is 326. The van der Waals surface area contributed by atoms with Crippen molar-refractivity contribution in [1.82, 2.24) is 5.32 Å². The molecule has 1 spiro atoms. The molecule has 1 N–H and O–H groups in total. The van der Waals surface area contributed by atoms with Crippen LogP contribution in [0.2, 0.25) is 0 Å². The number of benzene rings is 1. The van der Waals surface area contributed by atoms with Crippen LogP contribution in [0.3, 0.4) is 0 Å². The fourth-order valence-electron chi connectivity index (χ4n) is 3.13. The molecule has 0 amide bonds. The molecule has 0 aromatic heterocycles. The summed E-state index contributed by atoms with van der Waals surface area (Å²) in [6.07, 6.45) is 7.00. The SMILES string of the molecule is c1ccc(CC2CC3(CCC3)CN2)cc1. The highest BCUT2D eigenvalue weighted by atomic mass is 15.0. The van der Waals surface area contributed by atoms with Crippen molar-refractivity contribution in [2.45, 2.75) is 38.1 Å². The standard InChI is InChI=1S/C14H19N/c1-2-5-12(6-3-1)9-13-10-14(11-15-13)7-4-8-14/h1-3,5-6,13,15H,4,7-11H2. The van der Waals surface area contributed by atoms with Crippen LogP contribution in [0.1, 0.15) is 31.2 Å². The first kappa shape index (κ1) is 9.41. The predicted octanol–water partition coefficient (Wildman–Crippen LogP) is 2.76. The van der Waals surface area contributed by atoms with Gasteiger partial charge < -0.3 is 5.32 Å². The van der Waals surface area contributed by atoms with E-state index in [1.54, 1.807) is 0 Å². The Hall–Kier alpha value is -0.820. The van der Waals surface area contributed by atoms with E-state index < -0.39 is 0 Å². The maximum atomic E-state index is 3.70. The molecule has 1 aromatic rings. The summed E-state index contributed by atoms with van der Waals surface area (Å²) in [6, 6.07) is 11.6. The van der Waals surface area contributed by atoms with Crippen LogP contribution in [0.25, 0.3) is 0 Å². The average Bonchev–Trinajstić information content (AvgIpc) is 2.63. The fraction of sp³-hybridized carbons (Fsp3) is 0.571. The van der Waals surface area contributed by atoms with E-state index in [4.69, 9.17) is 0 Å². The summed E-state index contributed by atoms with van der Waals surface area (Å²) in [5.41, 5.74) is 2.19. The molecule has 3 rings (SSSR count). The van der Waals surface area contributed by atoms with E-state index in [9.17, 15) is 0 Å². The monoisotopic (exact) mass is 201 g/mol. The molecule has 1 unspecified atom stereocenters. The van der Waals surface area contributed by atoms with Gasteiger partial charge in [-0.25, -0.2) is 0 Å². The lowest BCUT2D eigenvalue weighted by Gasteiger charge is -2.37. The van der Waals surface area contributed by atoms with Gasteiger partial charge in [0.1, 0.15) is 0 Å². The molecular formula is C14H19N. The Labute approximate surface area is 91.9 Å². The zero-order valence-corrected chi connectivity index (χ0v) is 9.21. The van der Waals surface area contributed by atoms with E-state index in [0.717, 1.165) is 6.04 Å². The third-order valence-corrected chi connectivity index (χ3v) is 4.18. The summed E-state index contributed by atoms with van der Waals surface area (Å²) in [5, 5.41) is 3.70. The van der Waals surface area contributed by atoms with Gasteiger partial charge in [-0.05, 0) is 36.7 Å². The van der Waals surface area contributed by atoms with Gasteiger partial charge in [0.2, 0.25) is 0 Å². The molecule has 1 heteroatoms. The molecule has 1 aliphatic carbocycles. The minimum absolute atomic E-state index is 0.708. The second kappa shape index (κ2) is 3.64. The summed E-state index contributed by atoms with van der Waals surface area (Å²) in [6.45, 7) is 1.27. The molecule has 2 fully saturated rings. The van der Waals surface area contributed by atoms with Gasteiger partial charge in [0, 0.05) is 12.6 Å². The molecule has 0 radical (unpaired) electrons. The van der Waals surface area contributed by atoms with Crippen molar-refractivity contribution in [3.05, 3.63) is 35.9 Å². The first-order valence-electron chi connectivity index (χ1n) is 6.14. The highest BCUT2D eigenvalue weighted by Gasteiger charge is 2.42. The van der Waals surface area contributed by atoms with Crippen LogP contribution in [0.15, 0.2) is 30.3 Å². The third kappa shape index (κ3) is 1.81. The lowest BCUT2D eigenvalue weighted by molar-refractivity contribution is 0.158. The van der Waals surface area contributed by atoms with Gasteiger partial charge in [0.15, 0.2) is 0 Å². The second-order valence-electron chi connectivity index (χ2n) is 5.33. The molecule has 1 saturated heterocycles. The summed E-state index contributed by atoms with van der Waals surface area (Å²) in [7, 11) is 0. The minimum atomic E-state index is 0.708. The Morgan fingerprint density at radius 1 is 1.20 bits per heavy atom. The van der Waals surface area contributed by atoms with E-state index in [-0.39, 0.29) is 0 Å². The Morgan fingerprint density at radius 3 is 2.60 bits per heavy atom. The van der Waals surface area contributed by atoms with E-state index in [0.29, 0.717) is 5.41 Å². The van der Waals surface area contributed by atoms with Gasteiger partial charge in [-0.1, -0.05) is 36.8 Å². The smallest absolute Gasteiger partial charge is 0.0113 e. The van der Waals surface area contributed by atoms with Crippen LogP contribution >= 0.6 is 0 Å². The molecule has 15 heavy (non-hydrogen) atoms. The third-order valence-electron chi connectivity index (χ3n) is 4.18. The van der Waals surface area contributed by atoms with Gasteiger partial charge >= 0.3 is 0 Å². The van der Waals surface area contributed by atoms with Crippen LogP contribution in [0.5, 0.6) is 0 Å². The van der Waals surface area contributed by atoms with Gasteiger partial charge in [-0.3, -0.25) is 0 Å². The van der Waals surface area contributed by atoms with Crippen molar-refractivity contribution in [2.24, 2.45) is 5.41 Å². The number of hydrogen-bond acceptors (Lipinski definition) is 1. The maximum Gasteiger partial charge on any atom is 0.0113 e. The van der Waals surface area contributed by atoms with E-state index >= 15 is 0 Å². The number of rotatable bonds is 2. The fourth-order valence-corrected chi connectivity index (χ4v) is 3.13. The minimum Gasteiger partial charge on any atom is -0.313 e. The zero-order chi connectivity index (χ0) is 10.1. The van der Waals surface area contributed by atoms with E-state index in [2.05, 4.69) is 35.6 Å². The Morgan fingerprint density at radius 2 is 2.00 bits per heavy atom. The molecule has 1 atom stereocenters. The van der Waals surface area contributed by atoms with Crippen LogP contribution in [0.4, 0.5) is 0 Å². The van der Waals surface area contributed by atoms with Crippen molar-refractivity contribution in [3.8, 4) is 0 Å². The Kier molecular flexibility index (Phi) is 2.28. The van der Waals surface area contributed by atoms with Crippen molar-refractivity contribution in [3.63, 3.8) is 0 Å². The van der Waals surface area contributed by atoms with Crippen LogP contribution < -0.4 is 5.32 Å². The van der Waals surface area contributed by atoms with E-state index in [1.807, 2.05) is 0 Å². The van der Waals surface area contributed by atoms with Crippen molar-refractivity contribution in [2.75, 3.05) is 6.54 Å². The lowest BCUT2D eigenvalue weighted by Crippen LogP contribution is -2.31. The molecule has 1 nitrogen and oxygen atoms in total. The summed E-state index contributed by atoms with van der Waals surface area (Å²) < 4.78 is 0. The topological polar surface area (TPSA) is 12.0 Å². The van der Waals surface area contributed by atoms with Gasteiger partial charge in [0.05, 0.1) is 0 Å². The molecule has 1 heterocycles. The average molecular weight is 201 g/mol. The molecule has 2 aliphatic rings. The molecule has 80 valence electrons. The predicted molar refractivity (Wildman–Crippen MR) is 62.8 cm³/mol. The first-order chi connectivity index (χ1) is 7.36. The quantitative estimate of drug-likeness (QED) is 0.776. The van der Waals surface area contributed by atoms with Crippen LogP contribution in [-0.4, -0.2) is 12.6 Å². The van der Waals surface area contributed by atoms with Crippen molar-refractivity contribution < 1.29 is 0 Å². The zero-order valence-electron chi connectivity index (χ0n) is 9.21. The van der Waals surface area contributed by atoms with Gasteiger partial charge in [0.25, 0.3) is 0 Å². The number of hydrogen-bond donors (Lipinski definition) is 1. The largest absolute Gasteiger partial charge is 0.313 e. The normalized spacial score (nSPS) is 27.9. The second-order valence-corrected chi connectivity index (χ2v) is 5.33. The highest BCUT2D eigenvalue weighted by Crippen LogP contribution is 2.47. The van der Waals surface area contributed by atoms with Crippen LogP contribution in [-0.2, 0) is 6.42 Å². The van der Waals surface area contributed by atoms with Crippen molar-refractivity contribution >= 4 is 0 Å². The number of nitrogens with one attached hydrogen (secondary N) is 1. The summed E-state index contributed by atoms with van der Waals surface area (Å²) in [4.78, 5) is 0. The first-order valence-corrected chi connectivity index (χ1v) is 6.14. The van der Waals surface area contributed by atoms with Crippen molar-refractivity contribution in [1.29, 1.82) is 0 Å². The summed E-state index contributed by atoms with van der Waals surface area (Å²) >= 11 is 0.